The predicted octanol–water partition coefficient (Wildman–Crippen LogP) is 15.7. The first-order chi connectivity index (χ1) is 49.0. The van der Waals surface area contributed by atoms with Crippen LogP contribution in [-0.4, -0.2) is 129 Å². The molecule has 19 nitrogen and oxygen atoms in total. The van der Waals surface area contributed by atoms with Gasteiger partial charge in [0.2, 0.25) is 0 Å². The maximum Gasteiger partial charge on any atom is 0.289 e. The summed E-state index contributed by atoms with van der Waals surface area (Å²) in [7, 11) is 5.16. The number of carbonyl (C=O) groups is 3. The fourth-order valence-electron chi connectivity index (χ4n) is 16.2. The number of hydrogen-bond donors (Lipinski definition) is 0. The zero-order valence-corrected chi connectivity index (χ0v) is 59.0. The number of rotatable bonds is 12. The highest BCUT2D eigenvalue weighted by molar-refractivity contribution is 6.30. The first-order valence-corrected chi connectivity index (χ1v) is 35.5. The number of carbonyl (C=O) groups excluding carboxylic acids is 3. The summed E-state index contributed by atoms with van der Waals surface area (Å²) < 4.78 is 60.3. The van der Waals surface area contributed by atoms with E-state index in [2.05, 4.69) is 67.8 Å². The van der Waals surface area contributed by atoms with Crippen LogP contribution in [0.4, 0.5) is 0 Å². The Labute approximate surface area is 594 Å². The number of aromatic nitrogens is 4. The molecule has 101 heavy (non-hydrogen) atoms. The summed E-state index contributed by atoms with van der Waals surface area (Å²) in [4.78, 5) is 46.2. The van der Waals surface area contributed by atoms with Crippen LogP contribution in [0.5, 0.6) is 40.2 Å². The van der Waals surface area contributed by atoms with Gasteiger partial charge >= 0.3 is 0 Å². The van der Waals surface area contributed by atoms with Crippen molar-refractivity contribution < 1.29 is 58.1 Å². The van der Waals surface area contributed by atoms with Gasteiger partial charge in [0, 0.05) is 143 Å². The van der Waals surface area contributed by atoms with Crippen molar-refractivity contribution in [2.75, 3.05) is 53.6 Å². The third kappa shape index (κ3) is 12.3. The van der Waals surface area contributed by atoms with E-state index in [0.717, 1.165) is 99.1 Å². The highest BCUT2D eigenvalue weighted by Crippen LogP contribution is 2.54. The van der Waals surface area contributed by atoms with E-state index in [1.807, 2.05) is 153 Å². The van der Waals surface area contributed by atoms with Gasteiger partial charge in [-0.05, 0) is 162 Å². The number of methoxy groups -OCH3 is 2. The number of hydrogen-bond acceptors (Lipinski definition) is 13. The van der Waals surface area contributed by atoms with Crippen LogP contribution in [0.15, 0.2) is 175 Å². The Morgan fingerprint density at radius 2 is 1.26 bits per heavy atom. The van der Waals surface area contributed by atoms with E-state index >= 15 is 0 Å². The molecule has 4 aromatic heterocycles. The number of para-hydroxylation sites is 4. The number of ether oxygens (including phenoxy) is 8. The van der Waals surface area contributed by atoms with Crippen molar-refractivity contribution in [3.05, 3.63) is 215 Å². The van der Waals surface area contributed by atoms with Gasteiger partial charge in [-0.3, -0.25) is 19.1 Å². The number of likely N-dealkylation sites (tertiary alicyclic amines) is 2. The van der Waals surface area contributed by atoms with Crippen molar-refractivity contribution in [3.8, 4) is 62.9 Å². The average molecular weight is 1390 g/mol. The van der Waals surface area contributed by atoms with Crippen molar-refractivity contribution in [1.29, 1.82) is 0 Å². The standard InChI is InChI=1S/C28H30N2O3.C27H29ClN2O5.C26H25N3O4.H2/c1-18(2)32-24-13-10-20(15-19(24)3)27(31)30-21-11-12-22(30)17-28(16-21)26-9-6-14-29(26)23-7-4-5-8-25(23)33-28;1-18(17-32-2)34-22-9-6-19(15-24(22)33-3)26(31)29-13-10-27(11-14-29)25-5-4-12-30(25)21-8-7-20(28)16-23(21)35-27;1-3-31-21-10-6-7-17-15-22(32-24(17)21)25(30)29-13-11-26(12-14-29)19-16-27-28(2)23(19)18-8-4-5-9-20(18)33-26;/h4-10,13-15,18,21-22H,11-12,16-17H2,1-3H3;4-9,12,15-16,18H,10-11,13-14,17H2,1-3H3;4-10,15-16H,3,11-14H2,1-2H3;1H/t;18-;;/m.1../s1. The summed E-state index contributed by atoms with van der Waals surface area (Å²) in [6, 6.07) is 49.4. The molecule has 0 saturated carbocycles. The van der Waals surface area contributed by atoms with E-state index in [4.69, 9.17) is 53.9 Å². The lowest BCUT2D eigenvalue weighted by Gasteiger charge is -2.48. The Hall–Kier alpha value is -10.1. The molecule has 3 amide bonds. The van der Waals surface area contributed by atoms with Gasteiger partial charge in [-0.25, -0.2) is 0 Å². The average Bonchev–Trinajstić information content (AvgIpc) is 1.52. The second-order valence-corrected chi connectivity index (χ2v) is 28.1. The lowest BCUT2D eigenvalue weighted by molar-refractivity contribution is -0.0370. The molecule has 524 valence electrons. The maximum absolute atomic E-state index is 13.7. The minimum absolute atomic E-state index is 0. The molecule has 0 N–H and O–H groups in total. The highest BCUT2D eigenvalue weighted by Gasteiger charge is 2.55. The van der Waals surface area contributed by atoms with Crippen LogP contribution in [0.25, 0.3) is 33.6 Å². The van der Waals surface area contributed by atoms with Crippen LogP contribution >= 0.6 is 11.6 Å². The van der Waals surface area contributed by atoms with Crippen molar-refractivity contribution in [2.45, 2.75) is 127 Å². The first-order valence-electron chi connectivity index (χ1n) is 35.1. The zero-order valence-electron chi connectivity index (χ0n) is 58.3. The van der Waals surface area contributed by atoms with Gasteiger partial charge in [0.25, 0.3) is 17.7 Å². The van der Waals surface area contributed by atoms with Gasteiger partial charge in [-0.2, -0.15) is 5.10 Å². The van der Waals surface area contributed by atoms with E-state index in [0.29, 0.717) is 104 Å². The topological polar surface area (TPSA) is 176 Å². The Kier molecular flexibility index (Phi) is 17.9. The minimum atomic E-state index is -0.495. The second-order valence-electron chi connectivity index (χ2n) is 27.6. The smallest absolute Gasteiger partial charge is 0.289 e. The number of benzene rings is 6. The van der Waals surface area contributed by atoms with E-state index < -0.39 is 11.2 Å². The van der Waals surface area contributed by atoms with Crippen LogP contribution in [0, 0.1) is 6.92 Å². The number of furan rings is 1. The van der Waals surface area contributed by atoms with Gasteiger partial charge in [-0.1, -0.05) is 48.0 Å². The van der Waals surface area contributed by atoms with Crippen molar-refractivity contribution in [3.63, 3.8) is 0 Å². The Morgan fingerprint density at radius 3 is 1.95 bits per heavy atom. The molecule has 0 radical (unpaired) electrons. The third-order valence-electron chi connectivity index (χ3n) is 20.9. The van der Waals surface area contributed by atoms with Gasteiger partial charge in [0.1, 0.15) is 34.7 Å². The van der Waals surface area contributed by atoms with E-state index in [9.17, 15) is 14.4 Å². The quantitative estimate of drug-likeness (QED) is 0.113. The molecule has 11 heterocycles. The van der Waals surface area contributed by atoms with Crippen LogP contribution in [0.2, 0.25) is 5.02 Å². The summed E-state index contributed by atoms with van der Waals surface area (Å²) >= 11 is 6.25. The Bertz CT molecular complexity index is 4750. The molecule has 0 aliphatic carbocycles. The number of fused-ring (bicyclic) bond motifs is 15. The van der Waals surface area contributed by atoms with Crippen molar-refractivity contribution >= 4 is 40.3 Å². The summed E-state index contributed by atoms with van der Waals surface area (Å²) in [5.74, 6) is 5.50. The van der Waals surface area contributed by atoms with Crippen molar-refractivity contribution in [2.24, 2.45) is 7.05 Å². The van der Waals surface area contributed by atoms with Crippen LogP contribution in [-0.2, 0) is 28.6 Å². The molecular formula is C81H86ClN7O12. The molecule has 7 aliphatic heterocycles. The Morgan fingerprint density at radius 1 is 0.624 bits per heavy atom. The van der Waals surface area contributed by atoms with Gasteiger partial charge < -0.3 is 66.1 Å². The molecule has 2 bridgehead atoms. The molecule has 2 unspecified atom stereocenters. The van der Waals surface area contributed by atoms with Gasteiger partial charge in [0.15, 0.2) is 39.8 Å². The molecule has 10 aromatic rings. The fraction of sp³-hybridized carbons (Fsp3) is 0.358. The summed E-state index contributed by atoms with van der Waals surface area (Å²) in [6.45, 7) is 13.2. The Balaban J connectivity index is 0.000000129. The van der Waals surface area contributed by atoms with Crippen LogP contribution < -0.4 is 33.2 Å². The molecule has 7 aliphatic rings. The van der Waals surface area contributed by atoms with Gasteiger partial charge in [-0.15, -0.1) is 0 Å². The molecular weight excluding hydrogens is 1300 g/mol. The molecule has 6 aromatic carbocycles. The normalized spacial score (nSPS) is 19.3. The number of halogens is 1. The fourth-order valence-corrected chi connectivity index (χ4v) is 16.4. The van der Waals surface area contributed by atoms with Crippen molar-refractivity contribution in [1.82, 2.24) is 33.6 Å². The molecule has 3 atom stereocenters. The largest absolute Gasteiger partial charge is 0.493 e. The minimum Gasteiger partial charge on any atom is -0.493 e. The van der Waals surface area contributed by atoms with E-state index in [1.54, 1.807) is 38.5 Å². The number of aryl methyl sites for hydroxylation is 2. The SMILES string of the molecule is CCOc1cccc2cc(C(=O)N3CCC4(CC3)Oc3ccccc3-c3c4cnn3C)oc12.COC[C@@H](C)Oc1ccc(C(=O)N2CCC3(CC2)Oc2cc(Cl)ccc2-n2cccc23)cc1OC.Cc1cc(C(=O)N2C3CCC2CC2(C3)Oc3ccccc3-n3cccc32)ccc1OC(C)C.[HH]. The number of piperidine rings is 3. The van der Waals surface area contributed by atoms with Gasteiger partial charge in [0.05, 0.1) is 61.1 Å². The van der Waals surface area contributed by atoms with Crippen LogP contribution in [0.1, 0.15) is 134 Å². The molecule has 4 saturated heterocycles. The molecule has 4 fully saturated rings. The molecule has 20 heteroatoms. The zero-order chi connectivity index (χ0) is 69.9. The highest BCUT2D eigenvalue weighted by atomic mass is 35.5. The number of nitrogens with zero attached hydrogens (tertiary/aromatic N) is 7. The lowest BCUT2D eigenvalue weighted by Crippen LogP contribution is -2.55. The van der Waals surface area contributed by atoms with Crippen LogP contribution in [0.3, 0.4) is 0 Å². The molecule has 3 spiro atoms. The third-order valence-corrected chi connectivity index (χ3v) is 21.1. The predicted molar refractivity (Wildman–Crippen MR) is 386 cm³/mol. The second kappa shape index (κ2) is 27.1. The summed E-state index contributed by atoms with van der Waals surface area (Å²) in [5.41, 5.74) is 9.20. The maximum atomic E-state index is 13.7. The monoisotopic (exact) mass is 1380 g/mol. The lowest BCUT2D eigenvalue weighted by atomic mass is 9.81. The summed E-state index contributed by atoms with van der Waals surface area (Å²) in [6.07, 6.45) is 12.5. The number of amides is 3. The summed E-state index contributed by atoms with van der Waals surface area (Å²) in [5, 5.41) is 6.03. The van der Waals surface area contributed by atoms with E-state index in [-0.39, 0.29) is 49.0 Å². The van der Waals surface area contributed by atoms with E-state index in [1.165, 1.54) is 5.69 Å². The first kappa shape index (κ1) is 66.8. The molecule has 17 rings (SSSR count).